The summed E-state index contributed by atoms with van der Waals surface area (Å²) in [5.41, 5.74) is 1.51. The van der Waals surface area contributed by atoms with Crippen LogP contribution in [0.15, 0.2) is 10.7 Å². The van der Waals surface area contributed by atoms with Gasteiger partial charge in [0, 0.05) is 11.6 Å². The lowest BCUT2D eigenvalue weighted by Gasteiger charge is -2.20. The first kappa shape index (κ1) is 14.7. The Balaban J connectivity index is 2.49. The maximum absolute atomic E-state index is 4.39. The minimum absolute atomic E-state index is 0.204. The van der Waals surface area contributed by atoms with Crippen LogP contribution in [0.4, 0.5) is 0 Å². The Labute approximate surface area is 113 Å². The zero-order valence-corrected chi connectivity index (χ0v) is 13.1. The van der Waals surface area contributed by atoms with Gasteiger partial charge >= 0.3 is 0 Å². The molecule has 0 saturated heterocycles. The lowest BCUT2D eigenvalue weighted by molar-refractivity contribution is 0.418. The highest BCUT2D eigenvalue weighted by atomic mass is 79.9. The van der Waals surface area contributed by atoms with Gasteiger partial charge in [-0.15, -0.1) is 0 Å². The van der Waals surface area contributed by atoms with Gasteiger partial charge in [-0.05, 0) is 69.9 Å². The molecule has 17 heavy (non-hydrogen) atoms. The van der Waals surface area contributed by atoms with Gasteiger partial charge in [0.2, 0.25) is 0 Å². The van der Waals surface area contributed by atoms with Crippen molar-refractivity contribution in [3.8, 4) is 0 Å². The Kier molecular flexibility index (Phi) is 5.20. The van der Waals surface area contributed by atoms with E-state index in [0.29, 0.717) is 6.04 Å². The average Bonchev–Trinajstić information content (AvgIpc) is 2.53. The Morgan fingerprint density at radius 3 is 2.59 bits per heavy atom. The van der Waals surface area contributed by atoms with E-state index in [0.717, 1.165) is 23.9 Å². The molecule has 0 unspecified atom stereocenters. The lowest BCUT2D eigenvalue weighted by atomic mass is 10.1. The highest BCUT2D eigenvalue weighted by Gasteiger charge is 2.12. The third kappa shape index (κ3) is 4.80. The molecule has 1 aromatic heterocycles. The van der Waals surface area contributed by atoms with Crippen molar-refractivity contribution >= 4 is 15.9 Å². The van der Waals surface area contributed by atoms with E-state index in [2.05, 4.69) is 65.6 Å². The van der Waals surface area contributed by atoms with Crippen molar-refractivity contribution in [1.29, 1.82) is 0 Å². The summed E-state index contributed by atoms with van der Waals surface area (Å²) in [4.78, 5) is 0. The summed E-state index contributed by atoms with van der Waals surface area (Å²) in [6.07, 6.45) is 4.09. The van der Waals surface area contributed by atoms with Crippen molar-refractivity contribution < 1.29 is 0 Å². The second-order valence-corrected chi connectivity index (χ2v) is 6.61. The number of hydrogen-bond acceptors (Lipinski definition) is 2. The number of nitrogens with zero attached hydrogens (tertiary/aromatic N) is 2. The minimum Gasteiger partial charge on any atom is -0.312 e. The molecule has 1 aromatic rings. The second-order valence-electron chi connectivity index (χ2n) is 5.76. The van der Waals surface area contributed by atoms with Crippen molar-refractivity contribution in [3.63, 3.8) is 0 Å². The number of rotatable bonds is 5. The Morgan fingerprint density at radius 2 is 2.06 bits per heavy atom. The van der Waals surface area contributed by atoms with Gasteiger partial charge in [-0.1, -0.05) is 0 Å². The third-order valence-corrected chi connectivity index (χ3v) is 3.24. The zero-order chi connectivity index (χ0) is 13.1. The summed E-state index contributed by atoms with van der Waals surface area (Å²) in [6, 6.07) is 0.423. The highest BCUT2D eigenvalue weighted by Crippen LogP contribution is 2.20. The molecule has 0 radical (unpaired) electrons. The molecule has 0 aliphatic carbocycles. The molecule has 0 amide bonds. The van der Waals surface area contributed by atoms with E-state index in [1.54, 1.807) is 0 Å². The fourth-order valence-electron chi connectivity index (χ4n) is 1.76. The fourth-order valence-corrected chi connectivity index (χ4v) is 2.24. The molecule has 1 heterocycles. The van der Waals surface area contributed by atoms with Gasteiger partial charge in [-0.3, -0.25) is 4.68 Å². The topological polar surface area (TPSA) is 29.9 Å². The van der Waals surface area contributed by atoms with Gasteiger partial charge in [0.1, 0.15) is 0 Å². The van der Waals surface area contributed by atoms with Gasteiger partial charge in [0.15, 0.2) is 0 Å². The molecule has 0 fully saturated rings. The minimum atomic E-state index is 0.204. The van der Waals surface area contributed by atoms with E-state index in [1.807, 2.05) is 6.20 Å². The summed E-state index contributed by atoms with van der Waals surface area (Å²) in [5.74, 6) is 0. The van der Waals surface area contributed by atoms with Crippen molar-refractivity contribution in [1.82, 2.24) is 15.1 Å². The monoisotopic (exact) mass is 301 g/mol. The molecule has 1 rings (SSSR count). The van der Waals surface area contributed by atoms with Crippen LogP contribution in [-0.2, 0) is 6.42 Å². The molecule has 1 N–H and O–H groups in total. The largest absolute Gasteiger partial charge is 0.312 e. The van der Waals surface area contributed by atoms with E-state index < -0.39 is 0 Å². The van der Waals surface area contributed by atoms with Gasteiger partial charge in [-0.2, -0.15) is 5.10 Å². The van der Waals surface area contributed by atoms with Crippen LogP contribution < -0.4 is 5.32 Å². The van der Waals surface area contributed by atoms with Crippen LogP contribution in [0.5, 0.6) is 0 Å². The van der Waals surface area contributed by atoms with Gasteiger partial charge in [0.05, 0.1) is 16.4 Å². The third-order valence-electron chi connectivity index (χ3n) is 2.58. The van der Waals surface area contributed by atoms with E-state index in [1.165, 1.54) is 5.69 Å². The first-order chi connectivity index (χ1) is 7.81. The van der Waals surface area contributed by atoms with Crippen LogP contribution in [-0.4, -0.2) is 21.9 Å². The first-order valence-corrected chi connectivity index (χ1v) is 7.07. The summed E-state index contributed by atoms with van der Waals surface area (Å²) < 4.78 is 3.23. The maximum Gasteiger partial charge on any atom is 0.0635 e. The van der Waals surface area contributed by atoms with E-state index >= 15 is 0 Å². The molecule has 0 spiro atoms. The van der Waals surface area contributed by atoms with Gasteiger partial charge < -0.3 is 5.32 Å². The maximum atomic E-state index is 4.39. The smallest absolute Gasteiger partial charge is 0.0635 e. The van der Waals surface area contributed by atoms with Crippen LogP contribution in [0, 0.1) is 0 Å². The van der Waals surface area contributed by atoms with Crippen LogP contribution in [0.3, 0.4) is 0 Å². The standard InChI is InChI=1S/C13H24BrN3/c1-10(2)17-12(11(14)9-16-17)7-6-8-15-13(3,4)5/h9-10,15H,6-8H2,1-5H3. The molecule has 98 valence electrons. The number of aromatic nitrogens is 2. The van der Waals surface area contributed by atoms with Crippen LogP contribution >= 0.6 is 15.9 Å². The Morgan fingerprint density at radius 1 is 1.41 bits per heavy atom. The Bertz CT molecular complexity index is 350. The van der Waals surface area contributed by atoms with Gasteiger partial charge in [0.25, 0.3) is 0 Å². The van der Waals surface area contributed by atoms with E-state index in [-0.39, 0.29) is 5.54 Å². The second kappa shape index (κ2) is 6.01. The summed E-state index contributed by atoms with van der Waals surface area (Å²) in [7, 11) is 0. The molecule has 0 saturated carbocycles. The van der Waals surface area contributed by atoms with Crippen molar-refractivity contribution in [2.45, 2.75) is 59.0 Å². The molecular weight excluding hydrogens is 278 g/mol. The molecule has 3 nitrogen and oxygen atoms in total. The molecular formula is C13H24BrN3. The summed E-state index contributed by atoms with van der Waals surface area (Å²) >= 11 is 3.57. The number of nitrogens with one attached hydrogen (secondary N) is 1. The quantitative estimate of drug-likeness (QED) is 0.843. The van der Waals surface area contributed by atoms with E-state index in [4.69, 9.17) is 0 Å². The average molecular weight is 302 g/mol. The predicted octanol–water partition coefficient (Wildman–Crippen LogP) is 3.55. The Hall–Kier alpha value is -0.350. The number of hydrogen-bond donors (Lipinski definition) is 1. The highest BCUT2D eigenvalue weighted by molar-refractivity contribution is 9.10. The number of halogens is 1. The van der Waals surface area contributed by atoms with Crippen LogP contribution in [0.2, 0.25) is 0 Å². The summed E-state index contributed by atoms with van der Waals surface area (Å²) in [6.45, 7) is 12.0. The SMILES string of the molecule is CC(C)n1ncc(Br)c1CCCNC(C)(C)C. The molecule has 0 aliphatic rings. The summed E-state index contributed by atoms with van der Waals surface area (Å²) in [5, 5.41) is 7.90. The van der Waals surface area contributed by atoms with Gasteiger partial charge in [-0.25, -0.2) is 0 Å². The zero-order valence-electron chi connectivity index (χ0n) is 11.5. The van der Waals surface area contributed by atoms with Crippen molar-refractivity contribution in [2.24, 2.45) is 0 Å². The van der Waals surface area contributed by atoms with Crippen molar-refractivity contribution in [2.75, 3.05) is 6.54 Å². The molecule has 0 bridgehead atoms. The van der Waals surface area contributed by atoms with Crippen LogP contribution in [0.25, 0.3) is 0 Å². The molecule has 0 aliphatic heterocycles. The van der Waals surface area contributed by atoms with Crippen LogP contribution in [0.1, 0.15) is 52.8 Å². The van der Waals surface area contributed by atoms with E-state index in [9.17, 15) is 0 Å². The lowest BCUT2D eigenvalue weighted by Crippen LogP contribution is -2.36. The first-order valence-electron chi connectivity index (χ1n) is 6.28. The molecule has 4 heteroatoms. The normalized spacial score (nSPS) is 12.4. The predicted molar refractivity (Wildman–Crippen MR) is 76.4 cm³/mol. The molecule has 0 atom stereocenters. The molecule has 0 aromatic carbocycles. The fraction of sp³-hybridized carbons (Fsp3) is 0.769. The van der Waals surface area contributed by atoms with Crippen molar-refractivity contribution in [3.05, 3.63) is 16.4 Å².